The molecule has 1 fully saturated rings. The van der Waals surface area contributed by atoms with E-state index in [9.17, 15) is 0 Å². The maximum absolute atomic E-state index is 9.02. The van der Waals surface area contributed by atoms with E-state index in [0.717, 1.165) is 6.42 Å². The molecule has 0 aromatic carbocycles. The molecule has 2 rings (SSSR count). The summed E-state index contributed by atoms with van der Waals surface area (Å²) in [5.41, 5.74) is 6.38. The standard InChI is InChI=1S/C12H17N5O/c1-3-18-10-4-9(14)11(10)17-12-8(5-13)6-15-7(2)16-12/h6,9-11H,3-4,14H2,1-2H3,(H,15,16,17). The van der Waals surface area contributed by atoms with Crippen molar-refractivity contribution in [1.29, 1.82) is 5.26 Å². The first-order chi connectivity index (χ1) is 8.65. The highest BCUT2D eigenvalue weighted by Gasteiger charge is 2.39. The summed E-state index contributed by atoms with van der Waals surface area (Å²) in [6.45, 7) is 4.40. The molecule has 96 valence electrons. The Morgan fingerprint density at radius 3 is 3.06 bits per heavy atom. The van der Waals surface area contributed by atoms with E-state index in [1.165, 1.54) is 6.20 Å². The average molecular weight is 247 g/mol. The molecule has 6 nitrogen and oxygen atoms in total. The van der Waals surface area contributed by atoms with E-state index in [-0.39, 0.29) is 18.2 Å². The number of hydrogen-bond acceptors (Lipinski definition) is 6. The van der Waals surface area contributed by atoms with Gasteiger partial charge in [0.05, 0.1) is 18.3 Å². The topological polar surface area (TPSA) is 96.8 Å². The summed E-state index contributed by atoms with van der Waals surface area (Å²) >= 11 is 0. The van der Waals surface area contributed by atoms with Crippen molar-refractivity contribution in [3.05, 3.63) is 17.6 Å². The molecule has 3 atom stereocenters. The lowest BCUT2D eigenvalue weighted by Gasteiger charge is -2.42. The second kappa shape index (κ2) is 5.29. The molecule has 0 amide bonds. The Kier molecular flexibility index (Phi) is 3.75. The SMILES string of the molecule is CCOC1CC(N)C1Nc1nc(C)ncc1C#N. The lowest BCUT2D eigenvalue weighted by Crippen LogP contribution is -2.60. The number of nitrogens with one attached hydrogen (secondary N) is 1. The van der Waals surface area contributed by atoms with Gasteiger partial charge in [0.1, 0.15) is 23.3 Å². The number of nitrogens with two attached hydrogens (primary N) is 1. The molecule has 3 unspecified atom stereocenters. The Morgan fingerprint density at radius 2 is 2.44 bits per heavy atom. The van der Waals surface area contributed by atoms with Crippen LogP contribution in [0.4, 0.5) is 5.82 Å². The van der Waals surface area contributed by atoms with Crippen LogP contribution in [0.15, 0.2) is 6.20 Å². The van der Waals surface area contributed by atoms with Gasteiger partial charge in [0.15, 0.2) is 0 Å². The van der Waals surface area contributed by atoms with Crippen LogP contribution in [0.3, 0.4) is 0 Å². The molecule has 0 radical (unpaired) electrons. The van der Waals surface area contributed by atoms with Gasteiger partial charge in [-0.25, -0.2) is 9.97 Å². The van der Waals surface area contributed by atoms with Crippen LogP contribution < -0.4 is 11.1 Å². The summed E-state index contributed by atoms with van der Waals surface area (Å²) in [5.74, 6) is 1.16. The first-order valence-corrected chi connectivity index (χ1v) is 6.03. The second-order valence-corrected chi connectivity index (χ2v) is 4.35. The van der Waals surface area contributed by atoms with Crippen molar-refractivity contribution in [2.24, 2.45) is 5.73 Å². The average Bonchev–Trinajstić information content (AvgIpc) is 2.36. The van der Waals surface area contributed by atoms with Gasteiger partial charge in [0.2, 0.25) is 0 Å². The molecule has 0 aliphatic heterocycles. The van der Waals surface area contributed by atoms with Gasteiger partial charge >= 0.3 is 0 Å². The Hall–Kier alpha value is -1.71. The summed E-state index contributed by atoms with van der Waals surface area (Å²) in [4.78, 5) is 8.24. The third kappa shape index (κ3) is 2.42. The van der Waals surface area contributed by atoms with Crippen molar-refractivity contribution in [2.75, 3.05) is 11.9 Å². The van der Waals surface area contributed by atoms with Crippen molar-refractivity contribution < 1.29 is 4.74 Å². The maximum atomic E-state index is 9.02. The van der Waals surface area contributed by atoms with E-state index >= 15 is 0 Å². The van der Waals surface area contributed by atoms with E-state index in [0.29, 0.717) is 23.8 Å². The maximum Gasteiger partial charge on any atom is 0.148 e. The fraction of sp³-hybridized carbons (Fsp3) is 0.583. The third-order valence-electron chi connectivity index (χ3n) is 3.08. The predicted octanol–water partition coefficient (Wildman–Crippen LogP) is 0.573. The highest BCUT2D eigenvalue weighted by atomic mass is 16.5. The minimum Gasteiger partial charge on any atom is -0.376 e. The smallest absolute Gasteiger partial charge is 0.148 e. The number of aromatic nitrogens is 2. The van der Waals surface area contributed by atoms with Gasteiger partial charge in [-0.2, -0.15) is 5.26 Å². The minimum atomic E-state index is 0.00588. The zero-order chi connectivity index (χ0) is 13.1. The Labute approximate surface area is 106 Å². The number of aryl methyl sites for hydroxylation is 1. The number of anilines is 1. The van der Waals surface area contributed by atoms with Crippen LogP contribution in [0.2, 0.25) is 0 Å². The monoisotopic (exact) mass is 247 g/mol. The van der Waals surface area contributed by atoms with Crippen LogP contribution >= 0.6 is 0 Å². The van der Waals surface area contributed by atoms with Crippen molar-refractivity contribution in [3.63, 3.8) is 0 Å². The van der Waals surface area contributed by atoms with Crippen molar-refractivity contribution in [1.82, 2.24) is 9.97 Å². The van der Waals surface area contributed by atoms with Crippen molar-refractivity contribution >= 4 is 5.82 Å². The summed E-state index contributed by atoms with van der Waals surface area (Å²) in [7, 11) is 0. The lowest BCUT2D eigenvalue weighted by atomic mass is 9.83. The second-order valence-electron chi connectivity index (χ2n) is 4.35. The predicted molar refractivity (Wildman–Crippen MR) is 66.9 cm³/mol. The fourth-order valence-corrected chi connectivity index (χ4v) is 2.05. The van der Waals surface area contributed by atoms with Gasteiger partial charge in [-0.15, -0.1) is 0 Å². The number of ether oxygens (including phenoxy) is 1. The zero-order valence-electron chi connectivity index (χ0n) is 10.6. The molecule has 1 aromatic rings. The molecular formula is C12H17N5O. The van der Waals surface area contributed by atoms with Gasteiger partial charge < -0.3 is 15.8 Å². The van der Waals surface area contributed by atoms with Crippen LogP contribution in [0.25, 0.3) is 0 Å². The van der Waals surface area contributed by atoms with Crippen molar-refractivity contribution in [2.45, 2.75) is 38.5 Å². The van der Waals surface area contributed by atoms with E-state index in [1.54, 1.807) is 6.92 Å². The highest BCUT2D eigenvalue weighted by molar-refractivity contribution is 5.52. The van der Waals surface area contributed by atoms with Gasteiger partial charge in [-0.3, -0.25) is 0 Å². The first-order valence-electron chi connectivity index (χ1n) is 6.03. The molecule has 1 aliphatic carbocycles. The van der Waals surface area contributed by atoms with Crippen LogP contribution in [-0.2, 0) is 4.74 Å². The van der Waals surface area contributed by atoms with E-state index < -0.39 is 0 Å². The Morgan fingerprint density at radius 1 is 1.67 bits per heavy atom. The van der Waals surface area contributed by atoms with Gasteiger partial charge in [-0.1, -0.05) is 0 Å². The highest BCUT2D eigenvalue weighted by Crippen LogP contribution is 2.26. The van der Waals surface area contributed by atoms with E-state index in [1.807, 2.05) is 6.92 Å². The summed E-state index contributed by atoms with van der Waals surface area (Å²) in [6.07, 6.45) is 2.44. The molecule has 0 spiro atoms. The number of rotatable bonds is 4. The molecule has 6 heteroatoms. The van der Waals surface area contributed by atoms with E-state index in [4.69, 9.17) is 15.7 Å². The van der Waals surface area contributed by atoms with Gasteiger partial charge in [0.25, 0.3) is 0 Å². The minimum absolute atomic E-state index is 0.00588. The number of hydrogen-bond donors (Lipinski definition) is 2. The molecule has 0 saturated heterocycles. The van der Waals surface area contributed by atoms with Crippen LogP contribution in [0, 0.1) is 18.3 Å². The fourth-order valence-electron chi connectivity index (χ4n) is 2.05. The molecular weight excluding hydrogens is 230 g/mol. The summed E-state index contributed by atoms with van der Waals surface area (Å²) < 4.78 is 5.57. The van der Waals surface area contributed by atoms with Crippen molar-refractivity contribution in [3.8, 4) is 6.07 Å². The Balaban J connectivity index is 2.13. The molecule has 1 saturated carbocycles. The number of nitriles is 1. The van der Waals surface area contributed by atoms with Gasteiger partial charge in [0, 0.05) is 12.6 Å². The molecule has 18 heavy (non-hydrogen) atoms. The molecule has 1 aromatic heterocycles. The Bertz CT molecular complexity index is 468. The van der Waals surface area contributed by atoms with Crippen LogP contribution in [0.1, 0.15) is 24.7 Å². The third-order valence-corrected chi connectivity index (χ3v) is 3.08. The molecule has 0 bridgehead atoms. The first kappa shape index (κ1) is 12.7. The molecule has 1 aliphatic rings. The summed E-state index contributed by atoms with van der Waals surface area (Å²) in [5, 5.41) is 12.2. The summed E-state index contributed by atoms with van der Waals surface area (Å²) in [6, 6.07) is 2.11. The number of nitrogens with zero attached hydrogens (tertiary/aromatic N) is 3. The quantitative estimate of drug-likeness (QED) is 0.807. The van der Waals surface area contributed by atoms with Crippen LogP contribution in [0.5, 0.6) is 0 Å². The molecule has 3 N–H and O–H groups in total. The largest absolute Gasteiger partial charge is 0.376 e. The molecule has 1 heterocycles. The normalized spacial score (nSPS) is 26.2. The van der Waals surface area contributed by atoms with Gasteiger partial charge in [-0.05, 0) is 20.3 Å². The van der Waals surface area contributed by atoms with E-state index in [2.05, 4.69) is 21.4 Å². The lowest BCUT2D eigenvalue weighted by molar-refractivity contribution is -0.0127. The van der Waals surface area contributed by atoms with Crippen LogP contribution in [-0.4, -0.2) is 34.8 Å². The zero-order valence-corrected chi connectivity index (χ0v) is 10.6.